The first-order valence-corrected chi connectivity index (χ1v) is 5.74. The van der Waals surface area contributed by atoms with Crippen LogP contribution < -0.4 is 5.32 Å². The first-order valence-electron chi connectivity index (χ1n) is 5.74. The van der Waals surface area contributed by atoms with Crippen LogP contribution in [-0.4, -0.2) is 25.7 Å². The van der Waals surface area contributed by atoms with Crippen LogP contribution in [0.4, 0.5) is 4.39 Å². The molecule has 92 valence electrons. The van der Waals surface area contributed by atoms with Gasteiger partial charge >= 0.3 is 5.97 Å². The van der Waals surface area contributed by atoms with Gasteiger partial charge < -0.3 is 10.1 Å². The molecule has 1 aromatic carbocycles. The average Bonchev–Trinajstić information content (AvgIpc) is 2.26. The number of rotatable bonds is 4. The first kappa shape index (κ1) is 12.0. The molecule has 0 unspecified atom stereocenters. The summed E-state index contributed by atoms with van der Waals surface area (Å²) in [6, 6.07) is 7.06. The molecule has 1 saturated carbocycles. The Morgan fingerprint density at radius 1 is 1.53 bits per heavy atom. The third-order valence-electron chi connectivity index (χ3n) is 3.22. The normalized spacial score (nSPS) is 22.9. The maximum Gasteiger partial charge on any atom is 0.319 e. The van der Waals surface area contributed by atoms with Gasteiger partial charge in [0, 0.05) is 6.04 Å². The molecular formula is C13H16FNO2. The van der Waals surface area contributed by atoms with Gasteiger partial charge in [-0.25, -0.2) is 4.39 Å². The van der Waals surface area contributed by atoms with E-state index in [-0.39, 0.29) is 18.3 Å². The molecule has 0 aliphatic heterocycles. The van der Waals surface area contributed by atoms with E-state index in [4.69, 9.17) is 0 Å². The van der Waals surface area contributed by atoms with Crippen molar-refractivity contribution >= 4 is 5.97 Å². The molecule has 0 heterocycles. The fraction of sp³-hybridized carbons (Fsp3) is 0.462. The number of hydrogen-bond acceptors (Lipinski definition) is 3. The fourth-order valence-electron chi connectivity index (χ4n) is 2.12. The number of nitrogens with one attached hydrogen (secondary N) is 1. The number of carbonyl (C=O) groups is 1. The van der Waals surface area contributed by atoms with Crippen LogP contribution in [-0.2, 0) is 9.53 Å². The summed E-state index contributed by atoms with van der Waals surface area (Å²) in [5, 5.41) is 3.12. The van der Waals surface area contributed by atoms with Gasteiger partial charge in [0.1, 0.15) is 5.82 Å². The van der Waals surface area contributed by atoms with Crippen molar-refractivity contribution in [2.45, 2.75) is 24.8 Å². The summed E-state index contributed by atoms with van der Waals surface area (Å²) in [7, 11) is 1.38. The number of methoxy groups -OCH3 is 1. The lowest BCUT2D eigenvalue weighted by molar-refractivity contribution is -0.139. The van der Waals surface area contributed by atoms with E-state index < -0.39 is 0 Å². The highest BCUT2D eigenvalue weighted by Crippen LogP contribution is 2.36. The van der Waals surface area contributed by atoms with Crippen LogP contribution in [0.2, 0.25) is 0 Å². The topological polar surface area (TPSA) is 38.3 Å². The van der Waals surface area contributed by atoms with Crippen LogP contribution in [0.1, 0.15) is 24.3 Å². The second-order valence-corrected chi connectivity index (χ2v) is 4.38. The quantitative estimate of drug-likeness (QED) is 0.812. The van der Waals surface area contributed by atoms with Crippen LogP contribution >= 0.6 is 0 Å². The second kappa shape index (κ2) is 5.27. The van der Waals surface area contributed by atoms with Crippen LogP contribution in [0.5, 0.6) is 0 Å². The molecule has 1 aliphatic rings. The predicted octanol–water partition coefficient (Wildman–Crippen LogP) is 1.83. The maximum absolute atomic E-state index is 13.0. The lowest BCUT2D eigenvalue weighted by Gasteiger charge is -2.36. The molecule has 4 heteroatoms. The molecule has 0 atom stereocenters. The van der Waals surface area contributed by atoms with Gasteiger partial charge in [0.25, 0.3) is 0 Å². The first-order chi connectivity index (χ1) is 8.19. The van der Waals surface area contributed by atoms with Gasteiger partial charge in [-0.1, -0.05) is 12.1 Å². The van der Waals surface area contributed by atoms with Crippen LogP contribution in [0.15, 0.2) is 24.3 Å². The Morgan fingerprint density at radius 2 is 2.29 bits per heavy atom. The van der Waals surface area contributed by atoms with E-state index in [0.29, 0.717) is 12.0 Å². The number of halogens is 1. The largest absolute Gasteiger partial charge is 0.468 e. The zero-order valence-corrected chi connectivity index (χ0v) is 9.78. The Labute approximate surface area is 100.0 Å². The standard InChI is InChI=1S/C13H16FNO2/c1-17-13(16)8-15-12-6-10(7-12)9-3-2-4-11(14)5-9/h2-5,10,12,15H,6-8H2,1H3. The van der Waals surface area contributed by atoms with Crippen LogP contribution in [0.25, 0.3) is 0 Å². The maximum atomic E-state index is 13.0. The number of esters is 1. The van der Waals surface area contributed by atoms with Crippen molar-refractivity contribution in [3.05, 3.63) is 35.6 Å². The van der Waals surface area contributed by atoms with E-state index in [9.17, 15) is 9.18 Å². The monoisotopic (exact) mass is 237 g/mol. The van der Waals surface area contributed by atoms with Gasteiger partial charge in [-0.3, -0.25) is 4.79 Å². The van der Waals surface area contributed by atoms with E-state index in [1.54, 1.807) is 12.1 Å². The molecule has 3 nitrogen and oxygen atoms in total. The molecule has 17 heavy (non-hydrogen) atoms. The van der Waals surface area contributed by atoms with Gasteiger partial charge in [0.2, 0.25) is 0 Å². The zero-order valence-electron chi connectivity index (χ0n) is 9.78. The zero-order chi connectivity index (χ0) is 12.3. The molecule has 1 aliphatic carbocycles. The molecule has 0 radical (unpaired) electrons. The fourth-order valence-corrected chi connectivity index (χ4v) is 2.12. The molecule has 0 saturated heterocycles. The highest BCUT2D eigenvalue weighted by atomic mass is 19.1. The van der Waals surface area contributed by atoms with Gasteiger partial charge in [0.05, 0.1) is 13.7 Å². The van der Waals surface area contributed by atoms with Crippen molar-refractivity contribution in [3.63, 3.8) is 0 Å². The molecule has 0 spiro atoms. The summed E-state index contributed by atoms with van der Waals surface area (Å²) in [5.74, 6) is -0.0338. The minimum atomic E-state index is -0.251. The van der Waals surface area contributed by atoms with Crippen molar-refractivity contribution in [1.29, 1.82) is 0 Å². The summed E-state index contributed by atoms with van der Waals surface area (Å²) < 4.78 is 17.6. The summed E-state index contributed by atoms with van der Waals surface area (Å²) in [6.07, 6.45) is 1.89. The lowest BCUT2D eigenvalue weighted by atomic mass is 9.76. The summed E-state index contributed by atoms with van der Waals surface area (Å²) in [4.78, 5) is 10.9. The summed E-state index contributed by atoms with van der Waals surface area (Å²) in [6.45, 7) is 0.247. The van der Waals surface area contributed by atoms with E-state index in [0.717, 1.165) is 18.4 Å². The Morgan fingerprint density at radius 3 is 2.94 bits per heavy atom. The second-order valence-electron chi connectivity index (χ2n) is 4.38. The smallest absolute Gasteiger partial charge is 0.319 e. The molecule has 1 fully saturated rings. The molecule has 0 aromatic heterocycles. The van der Waals surface area contributed by atoms with Crippen molar-refractivity contribution < 1.29 is 13.9 Å². The van der Waals surface area contributed by atoms with Crippen molar-refractivity contribution in [3.8, 4) is 0 Å². The van der Waals surface area contributed by atoms with E-state index >= 15 is 0 Å². The van der Waals surface area contributed by atoms with Gasteiger partial charge in [-0.15, -0.1) is 0 Å². The van der Waals surface area contributed by atoms with E-state index in [2.05, 4.69) is 10.1 Å². The Balaban J connectivity index is 1.77. The summed E-state index contributed by atoms with van der Waals surface area (Å²) in [5.41, 5.74) is 1.04. The Bertz CT molecular complexity index is 402. The number of benzene rings is 1. The van der Waals surface area contributed by atoms with Crippen molar-refractivity contribution in [2.75, 3.05) is 13.7 Å². The SMILES string of the molecule is COC(=O)CNC1CC(c2cccc(F)c2)C1. The van der Waals surface area contributed by atoms with E-state index in [1.807, 2.05) is 6.07 Å². The van der Waals surface area contributed by atoms with Crippen LogP contribution in [0.3, 0.4) is 0 Å². The van der Waals surface area contributed by atoms with Gasteiger partial charge in [0.15, 0.2) is 0 Å². The average molecular weight is 237 g/mol. The van der Waals surface area contributed by atoms with Crippen molar-refractivity contribution in [1.82, 2.24) is 5.32 Å². The van der Waals surface area contributed by atoms with Gasteiger partial charge in [-0.2, -0.15) is 0 Å². The number of ether oxygens (including phenoxy) is 1. The van der Waals surface area contributed by atoms with E-state index in [1.165, 1.54) is 13.2 Å². The number of carbonyl (C=O) groups excluding carboxylic acids is 1. The lowest BCUT2D eigenvalue weighted by Crippen LogP contribution is -2.42. The molecular weight excluding hydrogens is 221 g/mol. The van der Waals surface area contributed by atoms with Gasteiger partial charge in [-0.05, 0) is 36.5 Å². The molecule has 0 amide bonds. The Kier molecular flexibility index (Phi) is 3.74. The number of hydrogen-bond donors (Lipinski definition) is 1. The highest BCUT2D eigenvalue weighted by molar-refractivity contribution is 5.71. The third kappa shape index (κ3) is 3.03. The summed E-state index contributed by atoms with van der Waals surface area (Å²) >= 11 is 0. The van der Waals surface area contributed by atoms with Crippen molar-refractivity contribution in [2.24, 2.45) is 0 Å². The Hall–Kier alpha value is -1.42. The molecule has 1 aromatic rings. The molecule has 1 N–H and O–H groups in total. The minimum absolute atomic E-state index is 0.187. The highest BCUT2D eigenvalue weighted by Gasteiger charge is 2.30. The van der Waals surface area contributed by atoms with Crippen LogP contribution in [0, 0.1) is 5.82 Å². The third-order valence-corrected chi connectivity index (χ3v) is 3.22. The predicted molar refractivity (Wildman–Crippen MR) is 62.2 cm³/mol. The molecule has 0 bridgehead atoms. The minimum Gasteiger partial charge on any atom is -0.468 e. The molecule has 2 rings (SSSR count).